The van der Waals surface area contributed by atoms with E-state index in [4.69, 9.17) is 4.74 Å². The van der Waals surface area contributed by atoms with E-state index in [-0.39, 0.29) is 24.2 Å². The van der Waals surface area contributed by atoms with Crippen molar-refractivity contribution in [1.82, 2.24) is 9.78 Å². The smallest absolute Gasteiger partial charge is 0.212 e. The SMILES string of the molecule is CC(C)(C)CCn1nc(CO)cc1OCc1cc(F)ccc1F. The number of aliphatic hydroxyl groups excluding tert-OH is 1. The summed E-state index contributed by atoms with van der Waals surface area (Å²) >= 11 is 0. The predicted octanol–water partition coefficient (Wildman–Crippen LogP) is 3.67. The second kappa shape index (κ2) is 7.08. The summed E-state index contributed by atoms with van der Waals surface area (Å²) in [5.74, 6) is -0.598. The summed E-state index contributed by atoms with van der Waals surface area (Å²) in [7, 11) is 0. The number of aryl methyl sites for hydroxylation is 1. The second-order valence-corrected chi connectivity index (χ2v) is 6.69. The summed E-state index contributed by atoms with van der Waals surface area (Å²) in [6, 6.07) is 4.86. The highest BCUT2D eigenvalue weighted by atomic mass is 19.1. The number of rotatable bonds is 6. The Morgan fingerprint density at radius 3 is 2.61 bits per heavy atom. The van der Waals surface area contributed by atoms with Crippen molar-refractivity contribution in [3.8, 4) is 5.88 Å². The fourth-order valence-electron chi connectivity index (χ4n) is 2.05. The number of benzene rings is 1. The van der Waals surface area contributed by atoms with E-state index in [9.17, 15) is 13.9 Å². The molecule has 0 fully saturated rings. The lowest BCUT2D eigenvalue weighted by Crippen LogP contribution is -2.13. The first-order valence-electron chi connectivity index (χ1n) is 7.53. The number of nitrogens with zero attached hydrogens (tertiary/aromatic N) is 2. The Morgan fingerprint density at radius 2 is 1.96 bits per heavy atom. The van der Waals surface area contributed by atoms with Crippen molar-refractivity contribution < 1.29 is 18.6 Å². The highest BCUT2D eigenvalue weighted by Crippen LogP contribution is 2.23. The zero-order valence-electron chi connectivity index (χ0n) is 13.6. The van der Waals surface area contributed by atoms with Crippen LogP contribution in [-0.2, 0) is 19.8 Å². The van der Waals surface area contributed by atoms with Crippen LogP contribution in [0, 0.1) is 17.0 Å². The predicted molar refractivity (Wildman–Crippen MR) is 82.9 cm³/mol. The Bertz CT molecular complexity index is 663. The van der Waals surface area contributed by atoms with E-state index in [1.807, 2.05) is 0 Å². The third-order valence-electron chi connectivity index (χ3n) is 3.41. The maximum atomic E-state index is 13.6. The first-order valence-corrected chi connectivity index (χ1v) is 7.53. The fourth-order valence-corrected chi connectivity index (χ4v) is 2.05. The standard InChI is InChI=1S/C17H22F2N2O2/c1-17(2,3)6-7-21-16(9-14(10-22)20-21)23-11-12-8-13(18)4-5-15(12)19/h4-5,8-9,22H,6-7,10-11H2,1-3H3. The maximum Gasteiger partial charge on any atom is 0.212 e. The quantitative estimate of drug-likeness (QED) is 0.882. The molecule has 1 aromatic carbocycles. The van der Waals surface area contributed by atoms with Crippen LogP contribution in [0.15, 0.2) is 24.3 Å². The van der Waals surface area contributed by atoms with Gasteiger partial charge in [-0.15, -0.1) is 0 Å². The molecule has 4 nitrogen and oxygen atoms in total. The number of aromatic nitrogens is 2. The van der Waals surface area contributed by atoms with Crippen molar-refractivity contribution in [2.75, 3.05) is 0 Å². The van der Waals surface area contributed by atoms with Gasteiger partial charge in [0, 0.05) is 18.2 Å². The lowest BCUT2D eigenvalue weighted by molar-refractivity contribution is 0.253. The molecule has 2 aromatic rings. The summed E-state index contributed by atoms with van der Waals surface area (Å²) < 4.78 is 34.1. The van der Waals surface area contributed by atoms with Crippen LogP contribution in [0.2, 0.25) is 0 Å². The average molecular weight is 324 g/mol. The molecule has 0 saturated heterocycles. The molecule has 1 N–H and O–H groups in total. The van der Waals surface area contributed by atoms with E-state index < -0.39 is 11.6 Å². The van der Waals surface area contributed by atoms with Gasteiger partial charge in [-0.2, -0.15) is 5.10 Å². The van der Waals surface area contributed by atoms with E-state index in [0.29, 0.717) is 18.1 Å². The molecule has 0 aliphatic carbocycles. The second-order valence-electron chi connectivity index (χ2n) is 6.69. The van der Waals surface area contributed by atoms with Gasteiger partial charge >= 0.3 is 0 Å². The monoisotopic (exact) mass is 324 g/mol. The highest BCUT2D eigenvalue weighted by molar-refractivity contribution is 5.20. The molecule has 0 aliphatic rings. The Kier molecular flexibility index (Phi) is 5.36. The third kappa shape index (κ3) is 5.03. The molecule has 0 spiro atoms. The van der Waals surface area contributed by atoms with E-state index in [2.05, 4.69) is 25.9 Å². The summed E-state index contributed by atoms with van der Waals surface area (Å²) in [5, 5.41) is 13.5. The molecular weight excluding hydrogens is 302 g/mol. The van der Waals surface area contributed by atoms with E-state index in [1.54, 1.807) is 10.7 Å². The summed E-state index contributed by atoms with van der Waals surface area (Å²) in [6.07, 6.45) is 0.865. The molecule has 0 radical (unpaired) electrons. The minimum atomic E-state index is -0.519. The van der Waals surface area contributed by atoms with Crippen LogP contribution in [0.3, 0.4) is 0 Å². The van der Waals surface area contributed by atoms with Crippen molar-refractivity contribution in [3.05, 3.63) is 47.2 Å². The summed E-state index contributed by atoms with van der Waals surface area (Å²) in [5.41, 5.74) is 0.741. The molecule has 2 rings (SSSR count). The highest BCUT2D eigenvalue weighted by Gasteiger charge is 2.15. The maximum absolute atomic E-state index is 13.6. The first-order chi connectivity index (χ1) is 10.8. The van der Waals surface area contributed by atoms with Crippen LogP contribution in [0.25, 0.3) is 0 Å². The minimum absolute atomic E-state index is 0.102. The van der Waals surface area contributed by atoms with Gasteiger partial charge in [-0.3, -0.25) is 0 Å². The van der Waals surface area contributed by atoms with Crippen LogP contribution in [0.5, 0.6) is 5.88 Å². The fraction of sp³-hybridized carbons (Fsp3) is 0.471. The van der Waals surface area contributed by atoms with Gasteiger partial charge in [0.25, 0.3) is 0 Å². The topological polar surface area (TPSA) is 47.3 Å². The molecule has 0 aliphatic heterocycles. The Morgan fingerprint density at radius 1 is 1.22 bits per heavy atom. The number of hydrogen-bond acceptors (Lipinski definition) is 3. The van der Waals surface area contributed by atoms with E-state index in [0.717, 1.165) is 24.6 Å². The van der Waals surface area contributed by atoms with Gasteiger partial charge in [-0.05, 0) is 30.0 Å². The Hall–Kier alpha value is -1.95. The molecule has 0 saturated carbocycles. The Labute approximate surface area is 134 Å². The van der Waals surface area contributed by atoms with Crippen molar-refractivity contribution in [3.63, 3.8) is 0 Å². The van der Waals surface area contributed by atoms with Crippen LogP contribution >= 0.6 is 0 Å². The summed E-state index contributed by atoms with van der Waals surface area (Å²) in [6.45, 7) is 6.66. The van der Waals surface area contributed by atoms with Gasteiger partial charge in [-0.25, -0.2) is 13.5 Å². The number of aliphatic hydroxyl groups is 1. The van der Waals surface area contributed by atoms with Crippen LogP contribution in [0.4, 0.5) is 8.78 Å². The third-order valence-corrected chi connectivity index (χ3v) is 3.41. The molecule has 0 bridgehead atoms. The number of ether oxygens (including phenoxy) is 1. The molecule has 23 heavy (non-hydrogen) atoms. The lowest BCUT2D eigenvalue weighted by Gasteiger charge is -2.18. The normalized spacial score (nSPS) is 11.7. The minimum Gasteiger partial charge on any atom is -0.473 e. The van der Waals surface area contributed by atoms with Crippen molar-refractivity contribution in [1.29, 1.82) is 0 Å². The van der Waals surface area contributed by atoms with Gasteiger partial charge < -0.3 is 9.84 Å². The summed E-state index contributed by atoms with van der Waals surface area (Å²) in [4.78, 5) is 0. The van der Waals surface area contributed by atoms with Gasteiger partial charge in [0.05, 0.1) is 12.3 Å². The first kappa shape index (κ1) is 17.4. The van der Waals surface area contributed by atoms with Crippen LogP contribution < -0.4 is 4.74 Å². The molecule has 0 atom stereocenters. The van der Waals surface area contributed by atoms with Crippen molar-refractivity contribution in [2.45, 2.75) is 47.0 Å². The zero-order valence-corrected chi connectivity index (χ0v) is 13.6. The van der Waals surface area contributed by atoms with E-state index >= 15 is 0 Å². The largest absolute Gasteiger partial charge is 0.473 e. The van der Waals surface area contributed by atoms with Gasteiger partial charge in [0.2, 0.25) is 5.88 Å². The van der Waals surface area contributed by atoms with Gasteiger partial charge in [0.1, 0.15) is 18.2 Å². The van der Waals surface area contributed by atoms with Crippen LogP contribution in [0.1, 0.15) is 38.4 Å². The lowest BCUT2D eigenvalue weighted by atomic mass is 9.92. The molecule has 1 aromatic heterocycles. The molecule has 1 heterocycles. The van der Waals surface area contributed by atoms with Gasteiger partial charge in [0.15, 0.2) is 0 Å². The zero-order chi connectivity index (χ0) is 17.0. The number of hydrogen-bond donors (Lipinski definition) is 1. The van der Waals surface area contributed by atoms with Gasteiger partial charge in [-0.1, -0.05) is 20.8 Å². The molecule has 0 unspecified atom stereocenters. The number of halogens is 2. The average Bonchev–Trinajstić information content (AvgIpc) is 2.88. The van der Waals surface area contributed by atoms with Crippen LogP contribution in [-0.4, -0.2) is 14.9 Å². The van der Waals surface area contributed by atoms with Crippen molar-refractivity contribution in [2.24, 2.45) is 5.41 Å². The molecule has 126 valence electrons. The van der Waals surface area contributed by atoms with Crippen molar-refractivity contribution >= 4 is 0 Å². The van der Waals surface area contributed by atoms with E-state index in [1.165, 1.54) is 0 Å². The molecular formula is C17H22F2N2O2. The molecule has 6 heteroatoms. The molecule has 0 amide bonds. The Balaban J connectivity index is 2.12.